The van der Waals surface area contributed by atoms with Gasteiger partial charge in [0.2, 0.25) is 0 Å². The number of carbonyl (C=O) groups excluding carboxylic acids is 1. The minimum absolute atomic E-state index is 0.0186. The first kappa shape index (κ1) is 18.5. The van der Waals surface area contributed by atoms with Crippen molar-refractivity contribution in [2.45, 2.75) is 33.8 Å². The van der Waals surface area contributed by atoms with Crippen LogP contribution in [0.4, 0.5) is 5.69 Å². The van der Waals surface area contributed by atoms with Crippen LogP contribution < -0.4 is 0 Å². The molecule has 0 heterocycles. The van der Waals surface area contributed by atoms with Crippen molar-refractivity contribution in [3.05, 3.63) is 63.7 Å². The molecule has 1 unspecified atom stereocenters. The molecule has 0 aromatic heterocycles. The molecular formula is C18H21NO4. The molecule has 122 valence electrons. The fourth-order valence-electron chi connectivity index (χ4n) is 2.13. The number of hydrogen-bond donors (Lipinski definition) is 1. The predicted octanol–water partition coefficient (Wildman–Crippen LogP) is 4.54. The average Bonchev–Trinajstić information content (AvgIpc) is 2.56. The second kappa shape index (κ2) is 8.19. The van der Waals surface area contributed by atoms with Crippen LogP contribution in [0.25, 0.3) is 11.1 Å². The quantitative estimate of drug-likeness (QED) is 0.510. The zero-order chi connectivity index (χ0) is 17.6. The molecule has 2 rings (SSSR count). The van der Waals surface area contributed by atoms with Crippen molar-refractivity contribution < 1.29 is 14.8 Å². The molecule has 5 heteroatoms. The lowest BCUT2D eigenvalue weighted by atomic mass is 9.98. The van der Waals surface area contributed by atoms with Gasteiger partial charge in [-0.15, -0.1) is 0 Å². The first-order valence-electron chi connectivity index (χ1n) is 7.48. The third-order valence-corrected chi connectivity index (χ3v) is 3.30. The molecule has 2 aromatic carbocycles. The van der Waals surface area contributed by atoms with Gasteiger partial charge in [-0.05, 0) is 37.1 Å². The number of ketones is 1. The predicted molar refractivity (Wildman–Crippen MR) is 90.5 cm³/mol. The summed E-state index contributed by atoms with van der Waals surface area (Å²) < 4.78 is 0. The van der Waals surface area contributed by atoms with E-state index in [1.54, 1.807) is 36.4 Å². The largest absolute Gasteiger partial charge is 0.388 e. The van der Waals surface area contributed by atoms with Gasteiger partial charge >= 0.3 is 0 Å². The summed E-state index contributed by atoms with van der Waals surface area (Å²) in [6, 6.07) is 11.6. The third kappa shape index (κ3) is 4.47. The van der Waals surface area contributed by atoms with Crippen molar-refractivity contribution in [3.8, 4) is 11.1 Å². The minimum Gasteiger partial charge on any atom is -0.388 e. The Morgan fingerprint density at radius 3 is 2.04 bits per heavy atom. The number of nitro groups is 1. The molecule has 0 aliphatic carbocycles. The standard InChI is InChI=1S/C16H15NO4.C2H6/c1-10(18)12-3-5-13(6-4-12)14-7-8-16(17(20)21)15(9-14)11(2)19;1-2/h3-9,11,19H,1-2H3;1-2H3. The van der Waals surface area contributed by atoms with Crippen molar-refractivity contribution in [2.75, 3.05) is 0 Å². The van der Waals surface area contributed by atoms with Gasteiger partial charge in [0.15, 0.2) is 5.78 Å². The lowest BCUT2D eigenvalue weighted by molar-refractivity contribution is -0.386. The number of hydrogen-bond acceptors (Lipinski definition) is 4. The van der Waals surface area contributed by atoms with E-state index in [-0.39, 0.29) is 17.0 Å². The van der Waals surface area contributed by atoms with Gasteiger partial charge in [-0.1, -0.05) is 38.1 Å². The molecule has 2 aromatic rings. The second-order valence-electron chi connectivity index (χ2n) is 4.84. The Morgan fingerprint density at radius 1 is 1.09 bits per heavy atom. The molecule has 0 amide bonds. The maximum atomic E-state index is 11.2. The Bertz CT molecular complexity index is 691. The van der Waals surface area contributed by atoms with Crippen LogP contribution in [0.5, 0.6) is 0 Å². The van der Waals surface area contributed by atoms with E-state index in [0.717, 1.165) is 11.1 Å². The normalized spacial score (nSPS) is 11.2. The summed E-state index contributed by atoms with van der Waals surface area (Å²) in [7, 11) is 0. The number of aliphatic hydroxyl groups excluding tert-OH is 1. The van der Waals surface area contributed by atoms with Crippen LogP contribution in [-0.2, 0) is 0 Å². The monoisotopic (exact) mass is 315 g/mol. The molecule has 1 N–H and O–H groups in total. The highest BCUT2D eigenvalue weighted by Crippen LogP contribution is 2.30. The SMILES string of the molecule is CC.CC(=O)c1ccc(-c2ccc([N+](=O)[O-])c(C(C)O)c2)cc1. The number of Topliss-reactive ketones (excluding diaryl/α,β-unsaturated/α-hetero) is 1. The molecule has 0 saturated carbocycles. The number of rotatable bonds is 4. The maximum Gasteiger partial charge on any atom is 0.275 e. The number of nitrogens with zero attached hydrogens (tertiary/aromatic N) is 1. The Hall–Kier alpha value is -2.53. The van der Waals surface area contributed by atoms with Crippen molar-refractivity contribution >= 4 is 11.5 Å². The number of nitro benzene ring substituents is 1. The number of carbonyl (C=O) groups is 1. The highest BCUT2D eigenvalue weighted by molar-refractivity contribution is 5.94. The van der Waals surface area contributed by atoms with E-state index in [1.807, 2.05) is 13.8 Å². The van der Waals surface area contributed by atoms with Gasteiger partial charge in [0, 0.05) is 11.6 Å². The van der Waals surface area contributed by atoms with Gasteiger partial charge < -0.3 is 5.11 Å². The van der Waals surface area contributed by atoms with Crippen LogP contribution in [0.2, 0.25) is 0 Å². The van der Waals surface area contributed by atoms with E-state index in [4.69, 9.17) is 0 Å². The smallest absolute Gasteiger partial charge is 0.275 e. The average molecular weight is 315 g/mol. The molecule has 0 aliphatic heterocycles. The van der Waals surface area contributed by atoms with Crippen molar-refractivity contribution in [2.24, 2.45) is 0 Å². The van der Waals surface area contributed by atoms with Gasteiger partial charge in [-0.25, -0.2) is 0 Å². The molecule has 0 bridgehead atoms. The molecule has 5 nitrogen and oxygen atoms in total. The van der Waals surface area contributed by atoms with E-state index in [0.29, 0.717) is 5.56 Å². The third-order valence-electron chi connectivity index (χ3n) is 3.30. The van der Waals surface area contributed by atoms with Crippen LogP contribution >= 0.6 is 0 Å². The zero-order valence-electron chi connectivity index (χ0n) is 13.7. The first-order valence-corrected chi connectivity index (χ1v) is 7.48. The fourth-order valence-corrected chi connectivity index (χ4v) is 2.13. The van der Waals surface area contributed by atoms with Crippen LogP contribution in [0.15, 0.2) is 42.5 Å². The van der Waals surface area contributed by atoms with Gasteiger partial charge in [0.1, 0.15) is 0 Å². The van der Waals surface area contributed by atoms with Gasteiger partial charge in [0.05, 0.1) is 16.6 Å². The molecule has 0 aliphatic rings. The Kier molecular flexibility index (Phi) is 6.60. The zero-order valence-corrected chi connectivity index (χ0v) is 13.7. The lowest BCUT2D eigenvalue weighted by Crippen LogP contribution is -1.99. The van der Waals surface area contributed by atoms with Crippen LogP contribution in [-0.4, -0.2) is 15.8 Å². The second-order valence-corrected chi connectivity index (χ2v) is 4.84. The summed E-state index contributed by atoms with van der Waals surface area (Å²) >= 11 is 0. The topological polar surface area (TPSA) is 80.4 Å². The number of aliphatic hydroxyl groups is 1. The van der Waals surface area contributed by atoms with E-state index < -0.39 is 11.0 Å². The summed E-state index contributed by atoms with van der Waals surface area (Å²) in [4.78, 5) is 21.7. The molecular weight excluding hydrogens is 294 g/mol. The Balaban J connectivity index is 0.00000127. The number of benzene rings is 2. The molecule has 1 atom stereocenters. The van der Waals surface area contributed by atoms with E-state index in [2.05, 4.69) is 0 Å². The lowest BCUT2D eigenvalue weighted by Gasteiger charge is -2.09. The summed E-state index contributed by atoms with van der Waals surface area (Å²) in [6.07, 6.45) is -0.929. The Labute approximate surface area is 135 Å². The Morgan fingerprint density at radius 2 is 1.61 bits per heavy atom. The summed E-state index contributed by atoms with van der Waals surface area (Å²) in [5, 5.41) is 20.6. The van der Waals surface area contributed by atoms with E-state index in [1.165, 1.54) is 19.9 Å². The fraction of sp³-hybridized carbons (Fsp3) is 0.278. The minimum atomic E-state index is -0.929. The molecule has 0 saturated heterocycles. The van der Waals surface area contributed by atoms with Gasteiger partial charge in [0.25, 0.3) is 5.69 Å². The van der Waals surface area contributed by atoms with E-state index in [9.17, 15) is 20.0 Å². The van der Waals surface area contributed by atoms with E-state index >= 15 is 0 Å². The molecule has 0 spiro atoms. The molecule has 23 heavy (non-hydrogen) atoms. The van der Waals surface area contributed by atoms with Crippen LogP contribution in [0.3, 0.4) is 0 Å². The van der Waals surface area contributed by atoms with Crippen molar-refractivity contribution in [1.29, 1.82) is 0 Å². The van der Waals surface area contributed by atoms with Gasteiger partial charge in [-0.3, -0.25) is 14.9 Å². The highest BCUT2D eigenvalue weighted by atomic mass is 16.6. The molecule has 0 radical (unpaired) electrons. The van der Waals surface area contributed by atoms with Crippen molar-refractivity contribution in [3.63, 3.8) is 0 Å². The maximum absolute atomic E-state index is 11.2. The summed E-state index contributed by atoms with van der Waals surface area (Å²) in [5.74, 6) is -0.0186. The van der Waals surface area contributed by atoms with Crippen LogP contribution in [0.1, 0.15) is 49.7 Å². The summed E-state index contributed by atoms with van der Waals surface area (Å²) in [5.41, 5.74) is 2.36. The van der Waals surface area contributed by atoms with Crippen molar-refractivity contribution in [1.82, 2.24) is 0 Å². The first-order chi connectivity index (χ1) is 10.9. The highest BCUT2D eigenvalue weighted by Gasteiger charge is 2.18. The summed E-state index contributed by atoms with van der Waals surface area (Å²) in [6.45, 7) is 6.98. The molecule has 0 fully saturated rings. The van der Waals surface area contributed by atoms with Crippen LogP contribution in [0, 0.1) is 10.1 Å². The van der Waals surface area contributed by atoms with Gasteiger partial charge in [-0.2, -0.15) is 0 Å².